The Labute approximate surface area is 193 Å². The molecular weight excluding hydrogens is 414 g/mol. The van der Waals surface area contributed by atoms with Gasteiger partial charge in [0.15, 0.2) is 6.10 Å². The third kappa shape index (κ3) is 4.77. The number of pyridine rings is 1. The van der Waals surface area contributed by atoms with Crippen LogP contribution in [0.4, 0.5) is 0 Å². The Morgan fingerprint density at radius 3 is 2.33 bits per heavy atom. The number of carbonyl (C=O) groups is 2. The SMILES string of the molecule is CCC(OC(=O)c1cc(-c2ccc(OC)cc2)nc2ccc(C)cc12)C(=O)c1ccccc1. The summed E-state index contributed by atoms with van der Waals surface area (Å²) in [7, 11) is 1.61. The molecule has 0 saturated carbocycles. The van der Waals surface area contributed by atoms with E-state index < -0.39 is 12.1 Å². The summed E-state index contributed by atoms with van der Waals surface area (Å²) in [6.45, 7) is 3.79. The largest absolute Gasteiger partial charge is 0.497 e. The number of rotatable bonds is 7. The number of Topliss-reactive ketones (excluding diaryl/α,β-unsaturated/α-hetero) is 1. The lowest BCUT2D eigenvalue weighted by Crippen LogP contribution is -2.27. The van der Waals surface area contributed by atoms with E-state index in [2.05, 4.69) is 0 Å². The predicted molar refractivity (Wildman–Crippen MR) is 129 cm³/mol. The standard InChI is InChI=1S/C28H25NO4/c1-4-26(27(30)20-8-6-5-7-9-20)33-28(31)23-17-25(19-11-13-21(32-3)14-12-19)29-24-15-10-18(2)16-22(23)24/h5-17,26H,4H2,1-3H3. The van der Waals surface area contributed by atoms with Crippen molar-refractivity contribution in [2.45, 2.75) is 26.4 Å². The van der Waals surface area contributed by atoms with E-state index in [9.17, 15) is 9.59 Å². The van der Waals surface area contributed by atoms with Crippen LogP contribution in [0.5, 0.6) is 5.75 Å². The van der Waals surface area contributed by atoms with Crippen LogP contribution in [-0.4, -0.2) is 30.0 Å². The van der Waals surface area contributed by atoms with E-state index in [0.29, 0.717) is 34.1 Å². The number of nitrogens with zero attached hydrogens (tertiary/aromatic N) is 1. The lowest BCUT2D eigenvalue weighted by molar-refractivity contribution is 0.0279. The minimum Gasteiger partial charge on any atom is -0.497 e. The fraction of sp³-hybridized carbons (Fsp3) is 0.179. The molecule has 4 aromatic rings. The van der Waals surface area contributed by atoms with Crippen molar-refractivity contribution in [2.75, 3.05) is 7.11 Å². The highest BCUT2D eigenvalue weighted by Crippen LogP contribution is 2.28. The highest BCUT2D eigenvalue weighted by molar-refractivity contribution is 6.07. The number of fused-ring (bicyclic) bond motifs is 1. The number of benzene rings is 3. The van der Waals surface area contributed by atoms with Gasteiger partial charge < -0.3 is 9.47 Å². The van der Waals surface area contributed by atoms with Crippen molar-refractivity contribution in [1.82, 2.24) is 4.98 Å². The maximum absolute atomic E-state index is 13.3. The average molecular weight is 440 g/mol. The van der Waals surface area contributed by atoms with Gasteiger partial charge >= 0.3 is 5.97 Å². The molecule has 0 aliphatic heterocycles. The van der Waals surface area contributed by atoms with Crippen molar-refractivity contribution in [3.8, 4) is 17.0 Å². The van der Waals surface area contributed by atoms with Crippen LogP contribution < -0.4 is 4.74 Å². The molecule has 1 aromatic heterocycles. The van der Waals surface area contributed by atoms with Crippen LogP contribution in [0.2, 0.25) is 0 Å². The normalized spacial score (nSPS) is 11.7. The average Bonchev–Trinajstić information content (AvgIpc) is 2.86. The van der Waals surface area contributed by atoms with Crippen molar-refractivity contribution < 1.29 is 19.1 Å². The topological polar surface area (TPSA) is 65.5 Å². The molecule has 1 atom stereocenters. The Kier molecular flexibility index (Phi) is 6.50. The van der Waals surface area contributed by atoms with Crippen molar-refractivity contribution in [3.05, 3.63) is 95.6 Å². The predicted octanol–water partition coefficient (Wildman–Crippen LogP) is 6.04. The van der Waals surface area contributed by atoms with Gasteiger partial charge in [0.1, 0.15) is 5.75 Å². The van der Waals surface area contributed by atoms with Gasteiger partial charge in [-0.05, 0) is 55.8 Å². The molecule has 0 fully saturated rings. The molecule has 0 bridgehead atoms. The van der Waals surface area contributed by atoms with E-state index >= 15 is 0 Å². The van der Waals surface area contributed by atoms with Crippen molar-refractivity contribution >= 4 is 22.7 Å². The summed E-state index contributed by atoms with van der Waals surface area (Å²) in [5, 5.41) is 0.694. The molecule has 5 heteroatoms. The first-order valence-electron chi connectivity index (χ1n) is 10.9. The second-order valence-corrected chi connectivity index (χ2v) is 7.84. The Hall–Kier alpha value is -3.99. The van der Waals surface area contributed by atoms with Crippen molar-refractivity contribution in [2.24, 2.45) is 0 Å². The molecule has 0 spiro atoms. The summed E-state index contributed by atoms with van der Waals surface area (Å²) >= 11 is 0. The highest BCUT2D eigenvalue weighted by atomic mass is 16.5. The fourth-order valence-electron chi connectivity index (χ4n) is 3.72. The van der Waals surface area contributed by atoms with Gasteiger partial charge in [-0.2, -0.15) is 0 Å². The molecule has 4 rings (SSSR count). The van der Waals surface area contributed by atoms with Crippen LogP contribution in [0.15, 0.2) is 78.9 Å². The van der Waals surface area contributed by atoms with Gasteiger partial charge in [0.25, 0.3) is 0 Å². The minimum absolute atomic E-state index is 0.212. The quantitative estimate of drug-likeness (QED) is 0.260. The van der Waals surface area contributed by atoms with Crippen molar-refractivity contribution in [1.29, 1.82) is 0 Å². The summed E-state index contributed by atoms with van der Waals surface area (Å²) in [5.41, 5.74) is 4.08. The van der Waals surface area contributed by atoms with Gasteiger partial charge in [-0.3, -0.25) is 4.79 Å². The fourth-order valence-corrected chi connectivity index (χ4v) is 3.72. The molecule has 1 unspecified atom stereocenters. The van der Waals surface area contributed by atoms with E-state index in [0.717, 1.165) is 16.9 Å². The minimum atomic E-state index is -0.864. The first-order chi connectivity index (χ1) is 16.0. The zero-order chi connectivity index (χ0) is 23.4. The molecule has 0 radical (unpaired) electrons. The summed E-state index contributed by atoms with van der Waals surface area (Å²) in [6, 6.07) is 23.9. The van der Waals surface area contributed by atoms with Gasteiger partial charge in [0.05, 0.1) is 23.9 Å². The van der Waals surface area contributed by atoms with E-state index in [1.807, 2.05) is 62.4 Å². The number of aromatic nitrogens is 1. The van der Waals surface area contributed by atoms with E-state index in [1.165, 1.54) is 0 Å². The smallest absolute Gasteiger partial charge is 0.339 e. The zero-order valence-electron chi connectivity index (χ0n) is 18.9. The molecule has 0 saturated heterocycles. The van der Waals surface area contributed by atoms with E-state index in [4.69, 9.17) is 14.5 Å². The van der Waals surface area contributed by atoms with Crippen LogP contribution in [0.1, 0.15) is 39.6 Å². The Morgan fingerprint density at radius 1 is 0.939 bits per heavy atom. The number of esters is 1. The molecular formula is C28H25NO4. The maximum Gasteiger partial charge on any atom is 0.339 e. The van der Waals surface area contributed by atoms with Gasteiger partial charge in [-0.1, -0.05) is 48.9 Å². The van der Waals surface area contributed by atoms with Gasteiger partial charge in [0.2, 0.25) is 5.78 Å². The van der Waals surface area contributed by atoms with Crippen molar-refractivity contribution in [3.63, 3.8) is 0 Å². The summed E-state index contributed by atoms with van der Waals surface area (Å²) in [5.74, 6) is -0.0183. The van der Waals surface area contributed by atoms with Crippen LogP contribution in [-0.2, 0) is 4.74 Å². The zero-order valence-corrected chi connectivity index (χ0v) is 18.9. The lowest BCUT2D eigenvalue weighted by Gasteiger charge is -2.17. The second kappa shape index (κ2) is 9.65. The number of hydrogen-bond donors (Lipinski definition) is 0. The lowest BCUT2D eigenvalue weighted by atomic mass is 10.0. The van der Waals surface area contributed by atoms with Crippen LogP contribution in [0.25, 0.3) is 22.2 Å². The van der Waals surface area contributed by atoms with Gasteiger partial charge in [0, 0.05) is 16.5 Å². The third-order valence-corrected chi connectivity index (χ3v) is 5.54. The Bertz CT molecular complexity index is 1300. The second-order valence-electron chi connectivity index (χ2n) is 7.84. The number of ketones is 1. The molecule has 33 heavy (non-hydrogen) atoms. The molecule has 0 aliphatic rings. The van der Waals surface area contributed by atoms with Gasteiger partial charge in [-0.25, -0.2) is 9.78 Å². The first-order valence-corrected chi connectivity index (χ1v) is 10.9. The molecule has 5 nitrogen and oxygen atoms in total. The molecule has 1 heterocycles. The summed E-state index contributed by atoms with van der Waals surface area (Å²) in [4.78, 5) is 31.0. The van der Waals surface area contributed by atoms with Crippen LogP contribution in [0, 0.1) is 6.92 Å². The Morgan fingerprint density at radius 2 is 1.67 bits per heavy atom. The number of ether oxygens (including phenoxy) is 2. The number of methoxy groups -OCH3 is 1. The molecule has 0 aliphatic carbocycles. The highest BCUT2D eigenvalue weighted by Gasteiger charge is 2.25. The first kappa shape index (κ1) is 22.2. The van der Waals surface area contributed by atoms with Crippen LogP contribution in [0.3, 0.4) is 0 Å². The maximum atomic E-state index is 13.3. The molecule has 0 amide bonds. The van der Waals surface area contributed by atoms with E-state index in [1.54, 1.807) is 37.4 Å². The summed E-state index contributed by atoms with van der Waals surface area (Å²) in [6.07, 6.45) is -0.482. The van der Waals surface area contributed by atoms with E-state index in [-0.39, 0.29) is 5.78 Å². The molecule has 3 aromatic carbocycles. The number of aryl methyl sites for hydroxylation is 1. The monoisotopic (exact) mass is 439 g/mol. The summed E-state index contributed by atoms with van der Waals surface area (Å²) < 4.78 is 11.0. The Balaban J connectivity index is 1.73. The molecule has 0 N–H and O–H groups in total. The van der Waals surface area contributed by atoms with Crippen LogP contribution >= 0.6 is 0 Å². The van der Waals surface area contributed by atoms with Gasteiger partial charge in [-0.15, -0.1) is 0 Å². The molecule has 166 valence electrons. The number of carbonyl (C=O) groups excluding carboxylic acids is 2. The third-order valence-electron chi connectivity index (χ3n) is 5.54. The number of hydrogen-bond acceptors (Lipinski definition) is 5.